The highest BCUT2D eigenvalue weighted by molar-refractivity contribution is 5.96. The van der Waals surface area contributed by atoms with Crippen molar-refractivity contribution in [1.29, 1.82) is 0 Å². The summed E-state index contributed by atoms with van der Waals surface area (Å²) in [5.41, 5.74) is 5.22. The van der Waals surface area contributed by atoms with Gasteiger partial charge in [-0.15, -0.1) is 0 Å². The van der Waals surface area contributed by atoms with Crippen LogP contribution in [0.4, 0.5) is 11.6 Å². The summed E-state index contributed by atoms with van der Waals surface area (Å²) in [6, 6.07) is 6.12. The minimum atomic E-state index is -0.452. The number of nitrogens with one attached hydrogen (secondary N) is 2. The van der Waals surface area contributed by atoms with E-state index in [-0.39, 0.29) is 6.04 Å². The van der Waals surface area contributed by atoms with Crippen molar-refractivity contribution in [2.45, 2.75) is 57.1 Å². The summed E-state index contributed by atoms with van der Waals surface area (Å²) in [4.78, 5) is 25.0. The van der Waals surface area contributed by atoms with Crippen molar-refractivity contribution in [1.82, 2.24) is 24.9 Å². The van der Waals surface area contributed by atoms with E-state index in [1.807, 2.05) is 38.5 Å². The Morgan fingerprint density at radius 2 is 2.00 bits per heavy atom. The van der Waals surface area contributed by atoms with E-state index in [0.717, 1.165) is 59.1 Å². The molecule has 4 heterocycles. The van der Waals surface area contributed by atoms with Gasteiger partial charge in [-0.1, -0.05) is 6.07 Å². The van der Waals surface area contributed by atoms with Gasteiger partial charge < -0.3 is 15.4 Å². The van der Waals surface area contributed by atoms with E-state index < -0.39 is 5.60 Å². The van der Waals surface area contributed by atoms with Crippen molar-refractivity contribution >= 4 is 22.7 Å². The summed E-state index contributed by atoms with van der Waals surface area (Å²) < 4.78 is 0. The quantitative estimate of drug-likeness (QED) is 0.326. The lowest BCUT2D eigenvalue weighted by Gasteiger charge is -2.44. The first-order chi connectivity index (χ1) is 16.9. The highest BCUT2D eigenvalue weighted by Gasteiger charge is 2.53. The molecule has 0 aromatic carbocycles. The minimum Gasteiger partial charge on any atom is -0.390 e. The van der Waals surface area contributed by atoms with Gasteiger partial charge in [0.15, 0.2) is 0 Å². The average molecular weight is 466 g/mol. The van der Waals surface area contributed by atoms with Gasteiger partial charge in [-0.2, -0.15) is 0 Å². The molecule has 4 aromatic rings. The molecule has 2 aliphatic carbocycles. The third kappa shape index (κ3) is 3.92. The van der Waals surface area contributed by atoms with Gasteiger partial charge in [-0.05, 0) is 68.7 Å². The van der Waals surface area contributed by atoms with Crippen molar-refractivity contribution in [3.63, 3.8) is 0 Å². The maximum Gasteiger partial charge on any atom is 0.231 e. The van der Waals surface area contributed by atoms with Gasteiger partial charge in [-0.25, -0.2) is 19.8 Å². The van der Waals surface area contributed by atoms with E-state index in [2.05, 4.69) is 37.2 Å². The molecule has 8 nitrogen and oxygen atoms in total. The van der Waals surface area contributed by atoms with Crippen molar-refractivity contribution < 1.29 is 5.11 Å². The number of pyridine rings is 2. The Morgan fingerprint density at radius 3 is 2.71 bits per heavy atom. The van der Waals surface area contributed by atoms with Crippen LogP contribution in [0.2, 0.25) is 0 Å². The molecule has 0 aliphatic heterocycles. The Hall–Kier alpha value is -3.83. The SMILES string of the molecule is [C-]#[N+]c1cnc(NC(C)c2ccc(C3CC(O)(C4CC4)C3)nc2)nc1-c1c[nH]c2ncc(C)cc12. The fraction of sp³-hybridized carbons (Fsp3) is 0.370. The van der Waals surface area contributed by atoms with Gasteiger partial charge in [0.25, 0.3) is 0 Å². The molecule has 0 saturated heterocycles. The van der Waals surface area contributed by atoms with Crippen LogP contribution in [-0.4, -0.2) is 35.6 Å². The Kier molecular flexibility index (Phi) is 5.04. The van der Waals surface area contributed by atoms with E-state index in [4.69, 9.17) is 16.5 Å². The van der Waals surface area contributed by atoms with E-state index in [1.165, 1.54) is 0 Å². The molecule has 1 unspecified atom stereocenters. The summed E-state index contributed by atoms with van der Waals surface area (Å²) in [6.45, 7) is 11.6. The van der Waals surface area contributed by atoms with Gasteiger partial charge >= 0.3 is 0 Å². The summed E-state index contributed by atoms with van der Waals surface area (Å²) in [5, 5.41) is 14.9. The Morgan fingerprint density at radius 1 is 1.17 bits per heavy atom. The highest BCUT2D eigenvalue weighted by Crippen LogP contribution is 2.55. The molecule has 0 amide bonds. The van der Waals surface area contributed by atoms with Crippen LogP contribution in [0.3, 0.4) is 0 Å². The number of aromatic amines is 1. The standard InChI is InChI=1S/C27H27N7O/c1-15-8-20-21(13-31-25(20)30-11-15)24-23(28-3)14-32-26(34-24)33-16(2)17-4-7-22(29-12-17)18-9-27(35,10-18)19-5-6-19/h4,7-8,11-14,16,18-19,35H,5-6,9-10H2,1-2H3,(H,30,31)(H,32,33,34). The monoisotopic (exact) mass is 465 g/mol. The highest BCUT2D eigenvalue weighted by atomic mass is 16.3. The zero-order chi connectivity index (χ0) is 24.2. The maximum absolute atomic E-state index is 10.6. The number of rotatable bonds is 6. The summed E-state index contributed by atoms with van der Waals surface area (Å²) in [6.07, 6.45) is 11.1. The number of H-pyrrole nitrogens is 1. The Labute approximate surface area is 203 Å². The Balaban J connectivity index is 1.21. The largest absolute Gasteiger partial charge is 0.390 e. The topological polar surface area (TPSA) is 104 Å². The lowest BCUT2D eigenvalue weighted by molar-refractivity contribution is -0.0687. The normalized spacial score (nSPS) is 22.4. The summed E-state index contributed by atoms with van der Waals surface area (Å²) in [7, 11) is 0. The number of fused-ring (bicyclic) bond motifs is 1. The molecule has 2 fully saturated rings. The van der Waals surface area contributed by atoms with Crippen LogP contribution in [0, 0.1) is 19.4 Å². The average Bonchev–Trinajstić information content (AvgIpc) is 3.62. The molecule has 4 aromatic heterocycles. The van der Waals surface area contributed by atoms with E-state index >= 15 is 0 Å². The number of anilines is 1. The van der Waals surface area contributed by atoms with Gasteiger partial charge in [-0.3, -0.25) is 4.98 Å². The van der Waals surface area contributed by atoms with Crippen LogP contribution >= 0.6 is 0 Å². The van der Waals surface area contributed by atoms with Crippen molar-refractivity contribution in [2.24, 2.45) is 5.92 Å². The first-order valence-corrected chi connectivity index (χ1v) is 12.1. The molecule has 0 spiro atoms. The maximum atomic E-state index is 10.6. The molecular formula is C27H27N7O. The van der Waals surface area contributed by atoms with Crippen LogP contribution in [0.1, 0.15) is 61.4 Å². The number of hydrogen-bond acceptors (Lipinski definition) is 6. The van der Waals surface area contributed by atoms with Gasteiger partial charge in [0.05, 0.1) is 23.9 Å². The van der Waals surface area contributed by atoms with Crippen molar-refractivity contribution in [2.75, 3.05) is 5.32 Å². The molecule has 176 valence electrons. The first kappa shape index (κ1) is 21.7. The predicted molar refractivity (Wildman–Crippen MR) is 134 cm³/mol. The number of aryl methyl sites for hydroxylation is 1. The van der Waals surface area contributed by atoms with Crippen LogP contribution in [-0.2, 0) is 0 Å². The predicted octanol–water partition coefficient (Wildman–Crippen LogP) is 5.47. The third-order valence-corrected chi connectivity index (χ3v) is 7.42. The van der Waals surface area contributed by atoms with Crippen LogP contribution < -0.4 is 5.32 Å². The van der Waals surface area contributed by atoms with Crippen LogP contribution in [0.15, 0.2) is 43.0 Å². The molecule has 8 heteroatoms. The second kappa shape index (κ2) is 8.14. The molecule has 2 saturated carbocycles. The lowest BCUT2D eigenvalue weighted by atomic mass is 9.67. The van der Waals surface area contributed by atoms with Gasteiger partial charge in [0, 0.05) is 47.3 Å². The second-order valence-corrected chi connectivity index (χ2v) is 10.0. The fourth-order valence-electron chi connectivity index (χ4n) is 5.18. The Bertz CT molecular complexity index is 1440. The number of nitrogens with zero attached hydrogens (tertiary/aromatic N) is 5. The number of aromatic nitrogens is 5. The number of aliphatic hydroxyl groups is 1. The molecule has 3 N–H and O–H groups in total. The first-order valence-electron chi connectivity index (χ1n) is 12.1. The second-order valence-electron chi connectivity index (χ2n) is 10.0. The van der Waals surface area contributed by atoms with Crippen LogP contribution in [0.25, 0.3) is 27.1 Å². The smallest absolute Gasteiger partial charge is 0.231 e. The molecule has 35 heavy (non-hydrogen) atoms. The molecule has 1 atom stereocenters. The van der Waals surface area contributed by atoms with Gasteiger partial charge in [0.1, 0.15) is 5.65 Å². The summed E-state index contributed by atoms with van der Waals surface area (Å²) in [5.74, 6) is 1.30. The van der Waals surface area contributed by atoms with E-state index in [9.17, 15) is 5.11 Å². The van der Waals surface area contributed by atoms with Gasteiger partial charge in [0.2, 0.25) is 11.6 Å². The van der Waals surface area contributed by atoms with E-state index in [0.29, 0.717) is 29.2 Å². The molecular weight excluding hydrogens is 438 g/mol. The third-order valence-electron chi connectivity index (χ3n) is 7.42. The molecule has 6 rings (SSSR count). The van der Waals surface area contributed by atoms with E-state index in [1.54, 1.807) is 6.20 Å². The zero-order valence-corrected chi connectivity index (χ0v) is 19.8. The molecule has 0 radical (unpaired) electrons. The molecule has 2 aliphatic rings. The lowest BCUT2D eigenvalue weighted by Crippen LogP contribution is -2.44. The van der Waals surface area contributed by atoms with Crippen LogP contribution in [0.5, 0.6) is 0 Å². The number of hydrogen-bond donors (Lipinski definition) is 3. The zero-order valence-electron chi connectivity index (χ0n) is 19.8. The van der Waals surface area contributed by atoms with Crippen molar-refractivity contribution in [3.05, 3.63) is 71.2 Å². The fourth-order valence-corrected chi connectivity index (χ4v) is 5.18. The van der Waals surface area contributed by atoms with Crippen molar-refractivity contribution in [3.8, 4) is 11.3 Å². The molecule has 0 bridgehead atoms. The summed E-state index contributed by atoms with van der Waals surface area (Å²) >= 11 is 0. The minimum absolute atomic E-state index is 0.0696.